The summed E-state index contributed by atoms with van der Waals surface area (Å²) < 4.78 is 46.1. The number of rotatable bonds is 6. The van der Waals surface area contributed by atoms with Crippen LogP contribution in [-0.4, -0.2) is 23.7 Å². The topological polar surface area (TPSA) is 58.6 Å². The molecule has 0 heterocycles. The summed E-state index contributed by atoms with van der Waals surface area (Å²) in [6.45, 7) is -1.01. The highest BCUT2D eigenvalue weighted by molar-refractivity contribution is 5.94. The van der Waals surface area contributed by atoms with Crippen LogP contribution in [-0.2, 0) is 5.60 Å². The van der Waals surface area contributed by atoms with Crippen LogP contribution in [0.2, 0.25) is 0 Å². The van der Waals surface area contributed by atoms with Gasteiger partial charge in [-0.2, -0.15) is 13.2 Å². The van der Waals surface area contributed by atoms with E-state index in [9.17, 15) is 23.1 Å². The molecule has 1 unspecified atom stereocenters. The number of alkyl halides is 3. The van der Waals surface area contributed by atoms with Crippen molar-refractivity contribution < 1.29 is 27.8 Å². The molecule has 0 aliphatic carbocycles. The molecule has 1 atom stereocenters. The highest BCUT2D eigenvalue weighted by Crippen LogP contribution is 2.38. The maximum atomic E-state index is 13.5. The van der Waals surface area contributed by atoms with Gasteiger partial charge in [0.15, 0.2) is 0 Å². The molecular weight excluding hydrogens is 383 g/mol. The van der Waals surface area contributed by atoms with Crippen LogP contribution >= 0.6 is 0 Å². The second-order valence-electron chi connectivity index (χ2n) is 6.35. The minimum Gasteiger partial charge on any atom is -0.457 e. The van der Waals surface area contributed by atoms with Gasteiger partial charge in [-0.1, -0.05) is 48.5 Å². The number of hydrogen-bond donors (Lipinski definition) is 2. The molecule has 0 bridgehead atoms. The summed E-state index contributed by atoms with van der Waals surface area (Å²) in [6, 6.07) is 21.6. The Morgan fingerprint density at radius 3 is 1.90 bits per heavy atom. The van der Waals surface area contributed by atoms with E-state index in [-0.39, 0.29) is 11.1 Å². The number of benzene rings is 3. The Morgan fingerprint density at radius 2 is 1.34 bits per heavy atom. The van der Waals surface area contributed by atoms with Crippen molar-refractivity contribution in [2.75, 3.05) is 6.54 Å². The Bertz CT molecular complexity index is 945. The fraction of sp³-hybridized carbons (Fsp3) is 0.136. The van der Waals surface area contributed by atoms with Gasteiger partial charge in [0, 0.05) is 5.56 Å². The lowest BCUT2D eigenvalue weighted by Gasteiger charge is -2.31. The standard InChI is InChI=1S/C22H18F3NO3/c23-22(24,25)21(28,17-7-3-1-4-8-17)15-26-20(27)16-11-13-19(14-12-16)29-18-9-5-2-6-10-18/h1-14,28H,15H2,(H,26,27). The second kappa shape index (κ2) is 8.36. The molecule has 29 heavy (non-hydrogen) atoms. The molecule has 0 radical (unpaired) electrons. The number of aliphatic hydroxyl groups is 1. The number of hydrogen-bond acceptors (Lipinski definition) is 3. The molecule has 0 aliphatic heterocycles. The van der Waals surface area contributed by atoms with Crippen molar-refractivity contribution in [3.8, 4) is 11.5 Å². The first kappa shape index (κ1) is 20.4. The van der Waals surface area contributed by atoms with Crippen LogP contribution in [0.1, 0.15) is 15.9 Å². The molecule has 4 nitrogen and oxygen atoms in total. The molecule has 0 aromatic heterocycles. The van der Waals surface area contributed by atoms with Crippen LogP contribution < -0.4 is 10.1 Å². The minimum atomic E-state index is -4.96. The number of ether oxygens (including phenoxy) is 1. The summed E-state index contributed by atoms with van der Waals surface area (Å²) in [6.07, 6.45) is -4.96. The molecule has 0 fully saturated rings. The molecule has 0 aliphatic rings. The Kier molecular flexibility index (Phi) is 5.89. The highest BCUT2D eigenvalue weighted by Gasteiger charge is 2.55. The highest BCUT2D eigenvalue weighted by atomic mass is 19.4. The minimum absolute atomic E-state index is 0.142. The smallest absolute Gasteiger partial charge is 0.423 e. The summed E-state index contributed by atoms with van der Waals surface area (Å²) >= 11 is 0. The number of para-hydroxylation sites is 1. The zero-order valence-electron chi connectivity index (χ0n) is 15.2. The number of halogens is 3. The third-order valence-electron chi connectivity index (χ3n) is 4.32. The van der Waals surface area contributed by atoms with E-state index in [2.05, 4.69) is 5.32 Å². The lowest BCUT2D eigenvalue weighted by molar-refractivity contribution is -0.263. The molecular formula is C22H18F3NO3. The largest absolute Gasteiger partial charge is 0.457 e. The Hall–Kier alpha value is -3.32. The second-order valence-corrected chi connectivity index (χ2v) is 6.35. The molecule has 7 heteroatoms. The van der Waals surface area contributed by atoms with E-state index in [1.54, 1.807) is 12.1 Å². The van der Waals surface area contributed by atoms with Crippen LogP contribution in [0.3, 0.4) is 0 Å². The molecule has 1 amide bonds. The van der Waals surface area contributed by atoms with Crippen molar-refractivity contribution in [2.45, 2.75) is 11.8 Å². The van der Waals surface area contributed by atoms with Crippen molar-refractivity contribution in [3.05, 3.63) is 96.1 Å². The zero-order chi connectivity index (χ0) is 20.9. The number of amides is 1. The van der Waals surface area contributed by atoms with E-state index in [0.29, 0.717) is 11.5 Å². The fourth-order valence-electron chi connectivity index (χ4n) is 2.69. The molecule has 150 valence electrons. The van der Waals surface area contributed by atoms with E-state index in [4.69, 9.17) is 4.74 Å². The van der Waals surface area contributed by atoms with E-state index in [0.717, 1.165) is 12.1 Å². The van der Waals surface area contributed by atoms with Crippen molar-refractivity contribution >= 4 is 5.91 Å². The molecule has 3 aromatic rings. The van der Waals surface area contributed by atoms with E-state index in [1.165, 1.54) is 42.5 Å². The zero-order valence-corrected chi connectivity index (χ0v) is 15.2. The molecule has 3 aromatic carbocycles. The summed E-state index contributed by atoms with van der Waals surface area (Å²) in [5.74, 6) is 0.349. The first-order valence-electron chi connectivity index (χ1n) is 8.75. The van der Waals surface area contributed by atoms with Gasteiger partial charge < -0.3 is 15.2 Å². The van der Waals surface area contributed by atoms with Crippen LogP contribution in [0.25, 0.3) is 0 Å². The lowest BCUT2D eigenvalue weighted by Crippen LogP contribution is -2.51. The van der Waals surface area contributed by atoms with Crippen molar-refractivity contribution in [3.63, 3.8) is 0 Å². The van der Waals surface area contributed by atoms with E-state index < -0.39 is 24.2 Å². The van der Waals surface area contributed by atoms with Crippen LogP contribution in [0.15, 0.2) is 84.9 Å². The van der Waals surface area contributed by atoms with Gasteiger partial charge in [0.1, 0.15) is 11.5 Å². The van der Waals surface area contributed by atoms with Gasteiger partial charge in [0.2, 0.25) is 5.60 Å². The van der Waals surface area contributed by atoms with Crippen LogP contribution in [0.4, 0.5) is 13.2 Å². The third kappa shape index (κ3) is 4.75. The molecule has 3 rings (SSSR count). The Labute approximate surface area is 165 Å². The van der Waals surface area contributed by atoms with Gasteiger partial charge in [0.25, 0.3) is 5.91 Å². The monoisotopic (exact) mass is 401 g/mol. The number of carbonyl (C=O) groups is 1. The van der Waals surface area contributed by atoms with Crippen LogP contribution in [0.5, 0.6) is 11.5 Å². The number of carbonyl (C=O) groups excluding carboxylic acids is 1. The van der Waals surface area contributed by atoms with Gasteiger partial charge in [-0.25, -0.2) is 0 Å². The third-order valence-corrected chi connectivity index (χ3v) is 4.32. The summed E-state index contributed by atoms with van der Waals surface area (Å²) in [4.78, 5) is 12.3. The Balaban J connectivity index is 1.69. The normalized spacial score (nSPS) is 13.4. The first-order valence-corrected chi connectivity index (χ1v) is 8.75. The summed E-state index contributed by atoms with van der Waals surface area (Å²) in [5, 5.41) is 12.4. The van der Waals surface area contributed by atoms with Gasteiger partial charge in [0.05, 0.1) is 6.54 Å². The Morgan fingerprint density at radius 1 is 0.828 bits per heavy atom. The maximum Gasteiger partial charge on any atom is 0.423 e. The predicted octanol–water partition coefficient (Wildman–Crippen LogP) is 4.66. The van der Waals surface area contributed by atoms with Gasteiger partial charge in [-0.05, 0) is 42.0 Å². The quantitative estimate of drug-likeness (QED) is 0.632. The van der Waals surface area contributed by atoms with E-state index in [1.807, 2.05) is 18.2 Å². The predicted molar refractivity (Wildman–Crippen MR) is 102 cm³/mol. The average molecular weight is 401 g/mol. The van der Waals surface area contributed by atoms with E-state index >= 15 is 0 Å². The maximum absolute atomic E-state index is 13.5. The first-order chi connectivity index (χ1) is 13.8. The van der Waals surface area contributed by atoms with Crippen molar-refractivity contribution in [1.29, 1.82) is 0 Å². The molecule has 0 saturated heterocycles. The van der Waals surface area contributed by atoms with Gasteiger partial charge in [-0.15, -0.1) is 0 Å². The van der Waals surface area contributed by atoms with Crippen molar-refractivity contribution in [2.24, 2.45) is 0 Å². The molecule has 0 spiro atoms. The summed E-state index contributed by atoms with van der Waals surface area (Å²) in [5.41, 5.74) is -3.40. The molecule has 0 saturated carbocycles. The number of nitrogens with one attached hydrogen (secondary N) is 1. The molecule has 2 N–H and O–H groups in total. The fourth-order valence-corrected chi connectivity index (χ4v) is 2.69. The van der Waals surface area contributed by atoms with Gasteiger partial charge >= 0.3 is 6.18 Å². The summed E-state index contributed by atoms with van der Waals surface area (Å²) in [7, 11) is 0. The van der Waals surface area contributed by atoms with Crippen molar-refractivity contribution in [1.82, 2.24) is 5.32 Å². The lowest BCUT2D eigenvalue weighted by atomic mass is 9.93. The average Bonchev–Trinajstić information content (AvgIpc) is 2.73. The van der Waals surface area contributed by atoms with Gasteiger partial charge in [-0.3, -0.25) is 4.79 Å². The SMILES string of the molecule is O=C(NCC(O)(c1ccccc1)C(F)(F)F)c1ccc(Oc2ccccc2)cc1. The van der Waals surface area contributed by atoms with Crippen LogP contribution in [0, 0.1) is 0 Å².